The van der Waals surface area contributed by atoms with Crippen LogP contribution < -0.4 is 4.90 Å². The van der Waals surface area contributed by atoms with Gasteiger partial charge in [0.25, 0.3) is 0 Å². The van der Waals surface area contributed by atoms with Gasteiger partial charge in [-0.05, 0) is 31.0 Å². The standard InChI is InChI=1S/C14H21NO/c1-4-10-15(11-5-2)14-8-6-13(7-9-14)12(3)16/h4,6-9,12,16H,1,5,10-11H2,2-3H3/t12-/m0/s1. The smallest absolute Gasteiger partial charge is 0.0761 e. The first-order chi connectivity index (χ1) is 7.69. The molecule has 0 aliphatic rings. The van der Waals surface area contributed by atoms with E-state index in [4.69, 9.17) is 0 Å². The molecule has 0 amide bonds. The van der Waals surface area contributed by atoms with Gasteiger partial charge < -0.3 is 10.0 Å². The lowest BCUT2D eigenvalue weighted by Crippen LogP contribution is -2.23. The molecule has 0 radical (unpaired) electrons. The maximum atomic E-state index is 9.43. The Labute approximate surface area is 98.2 Å². The van der Waals surface area contributed by atoms with Gasteiger partial charge in [-0.25, -0.2) is 0 Å². The van der Waals surface area contributed by atoms with Gasteiger partial charge in [0.1, 0.15) is 0 Å². The second kappa shape index (κ2) is 6.33. The highest BCUT2D eigenvalue weighted by Crippen LogP contribution is 2.19. The van der Waals surface area contributed by atoms with Gasteiger partial charge in [-0.2, -0.15) is 0 Å². The first-order valence-electron chi connectivity index (χ1n) is 5.83. The highest BCUT2D eigenvalue weighted by Gasteiger charge is 2.05. The molecule has 0 saturated carbocycles. The Hall–Kier alpha value is -1.28. The van der Waals surface area contributed by atoms with Crippen LogP contribution in [-0.2, 0) is 0 Å². The summed E-state index contributed by atoms with van der Waals surface area (Å²) in [6.07, 6.45) is 2.64. The number of rotatable bonds is 6. The average Bonchev–Trinajstić information content (AvgIpc) is 2.29. The van der Waals surface area contributed by atoms with Crippen LogP contribution in [0, 0.1) is 0 Å². The molecule has 1 N–H and O–H groups in total. The summed E-state index contributed by atoms with van der Waals surface area (Å²) in [5, 5.41) is 9.43. The lowest BCUT2D eigenvalue weighted by atomic mass is 10.1. The Kier molecular flexibility index (Phi) is 5.06. The number of benzene rings is 1. The Bertz CT molecular complexity index is 316. The molecule has 1 atom stereocenters. The zero-order chi connectivity index (χ0) is 12.0. The van der Waals surface area contributed by atoms with Crippen molar-refractivity contribution in [3.63, 3.8) is 0 Å². The van der Waals surface area contributed by atoms with Crippen molar-refractivity contribution >= 4 is 5.69 Å². The van der Waals surface area contributed by atoms with Crippen LogP contribution in [0.1, 0.15) is 31.9 Å². The fourth-order valence-electron chi connectivity index (χ4n) is 1.72. The molecule has 0 spiro atoms. The van der Waals surface area contributed by atoms with Gasteiger partial charge in [0.05, 0.1) is 6.10 Å². The molecule has 0 heterocycles. The number of anilines is 1. The molecule has 0 aliphatic heterocycles. The molecular weight excluding hydrogens is 198 g/mol. The minimum absolute atomic E-state index is 0.395. The van der Waals surface area contributed by atoms with E-state index in [-0.39, 0.29) is 0 Å². The topological polar surface area (TPSA) is 23.5 Å². The summed E-state index contributed by atoms with van der Waals surface area (Å²) in [7, 11) is 0. The minimum Gasteiger partial charge on any atom is -0.389 e. The van der Waals surface area contributed by atoms with Crippen molar-refractivity contribution in [1.29, 1.82) is 0 Å². The van der Waals surface area contributed by atoms with Gasteiger partial charge in [0, 0.05) is 18.8 Å². The largest absolute Gasteiger partial charge is 0.389 e. The normalized spacial score (nSPS) is 12.2. The number of aliphatic hydroxyl groups excluding tert-OH is 1. The molecular formula is C14H21NO. The van der Waals surface area contributed by atoms with Crippen molar-refractivity contribution < 1.29 is 5.11 Å². The van der Waals surface area contributed by atoms with Crippen LogP contribution >= 0.6 is 0 Å². The second-order valence-corrected chi connectivity index (χ2v) is 4.00. The molecule has 2 heteroatoms. The van der Waals surface area contributed by atoms with Crippen molar-refractivity contribution in [2.24, 2.45) is 0 Å². The lowest BCUT2D eigenvalue weighted by molar-refractivity contribution is 0.199. The average molecular weight is 219 g/mol. The zero-order valence-corrected chi connectivity index (χ0v) is 10.2. The first kappa shape index (κ1) is 12.8. The van der Waals surface area contributed by atoms with Gasteiger partial charge in [0.15, 0.2) is 0 Å². The first-order valence-corrected chi connectivity index (χ1v) is 5.83. The van der Waals surface area contributed by atoms with Crippen LogP contribution in [0.4, 0.5) is 5.69 Å². The van der Waals surface area contributed by atoms with Crippen molar-refractivity contribution in [3.05, 3.63) is 42.5 Å². The number of nitrogens with zero attached hydrogens (tertiary/aromatic N) is 1. The van der Waals surface area contributed by atoms with Crippen LogP contribution in [0.25, 0.3) is 0 Å². The molecule has 0 unspecified atom stereocenters. The van der Waals surface area contributed by atoms with Gasteiger partial charge in [-0.15, -0.1) is 6.58 Å². The summed E-state index contributed by atoms with van der Waals surface area (Å²) >= 11 is 0. The third kappa shape index (κ3) is 3.38. The molecule has 1 aromatic carbocycles. The molecule has 88 valence electrons. The van der Waals surface area contributed by atoms with Crippen molar-refractivity contribution in [2.75, 3.05) is 18.0 Å². The molecule has 1 rings (SSSR count). The van der Waals surface area contributed by atoms with E-state index in [1.165, 1.54) is 5.69 Å². The van der Waals surface area contributed by atoms with Crippen LogP contribution in [-0.4, -0.2) is 18.2 Å². The Morgan fingerprint density at radius 2 is 2.00 bits per heavy atom. The van der Waals surface area contributed by atoms with Crippen LogP contribution in [0.5, 0.6) is 0 Å². The predicted molar refractivity (Wildman–Crippen MR) is 69.8 cm³/mol. The van der Waals surface area contributed by atoms with Gasteiger partial charge >= 0.3 is 0 Å². The van der Waals surface area contributed by atoms with Gasteiger partial charge in [-0.3, -0.25) is 0 Å². The van der Waals surface area contributed by atoms with Crippen molar-refractivity contribution in [3.8, 4) is 0 Å². The number of hydrogen-bond acceptors (Lipinski definition) is 2. The van der Waals surface area contributed by atoms with E-state index in [1.807, 2.05) is 18.2 Å². The summed E-state index contributed by atoms with van der Waals surface area (Å²) in [5.41, 5.74) is 2.14. The van der Waals surface area contributed by atoms with E-state index in [0.29, 0.717) is 0 Å². The third-order valence-electron chi connectivity index (χ3n) is 2.58. The molecule has 0 aliphatic carbocycles. The fraction of sp³-hybridized carbons (Fsp3) is 0.429. The summed E-state index contributed by atoms with van der Waals surface area (Å²) < 4.78 is 0. The fourth-order valence-corrected chi connectivity index (χ4v) is 1.72. The number of aliphatic hydroxyl groups is 1. The maximum absolute atomic E-state index is 9.43. The molecule has 0 fully saturated rings. The Balaban J connectivity index is 2.80. The Morgan fingerprint density at radius 1 is 1.38 bits per heavy atom. The van der Waals surface area contributed by atoms with Gasteiger partial charge in [-0.1, -0.05) is 25.1 Å². The Morgan fingerprint density at radius 3 is 2.44 bits per heavy atom. The molecule has 2 nitrogen and oxygen atoms in total. The van der Waals surface area contributed by atoms with E-state index in [9.17, 15) is 5.11 Å². The van der Waals surface area contributed by atoms with E-state index in [2.05, 4.69) is 30.5 Å². The van der Waals surface area contributed by atoms with Crippen molar-refractivity contribution in [1.82, 2.24) is 0 Å². The molecule has 0 aromatic heterocycles. The zero-order valence-electron chi connectivity index (χ0n) is 10.2. The van der Waals surface area contributed by atoms with Gasteiger partial charge in [0.2, 0.25) is 0 Å². The van der Waals surface area contributed by atoms with Crippen LogP contribution in [0.3, 0.4) is 0 Å². The van der Waals surface area contributed by atoms with Crippen molar-refractivity contribution in [2.45, 2.75) is 26.4 Å². The van der Waals surface area contributed by atoms with E-state index >= 15 is 0 Å². The molecule has 0 saturated heterocycles. The molecule has 1 aromatic rings. The van der Waals surface area contributed by atoms with E-state index in [0.717, 1.165) is 25.1 Å². The highest BCUT2D eigenvalue weighted by molar-refractivity contribution is 5.48. The second-order valence-electron chi connectivity index (χ2n) is 4.00. The minimum atomic E-state index is -0.395. The summed E-state index contributed by atoms with van der Waals surface area (Å²) in [6, 6.07) is 8.07. The maximum Gasteiger partial charge on any atom is 0.0761 e. The van der Waals surface area contributed by atoms with E-state index < -0.39 is 6.10 Å². The quantitative estimate of drug-likeness (QED) is 0.743. The summed E-state index contributed by atoms with van der Waals surface area (Å²) in [4.78, 5) is 2.28. The SMILES string of the molecule is C=CCN(CCC)c1ccc([C@H](C)O)cc1. The predicted octanol–water partition coefficient (Wildman–Crippen LogP) is 3.14. The van der Waals surface area contributed by atoms with Crippen LogP contribution in [0.2, 0.25) is 0 Å². The number of hydrogen-bond donors (Lipinski definition) is 1. The third-order valence-corrected chi connectivity index (χ3v) is 2.58. The molecule has 16 heavy (non-hydrogen) atoms. The van der Waals surface area contributed by atoms with Crippen LogP contribution in [0.15, 0.2) is 36.9 Å². The lowest BCUT2D eigenvalue weighted by Gasteiger charge is -2.23. The summed E-state index contributed by atoms with van der Waals surface area (Å²) in [6.45, 7) is 9.61. The van der Waals surface area contributed by atoms with E-state index in [1.54, 1.807) is 6.92 Å². The molecule has 0 bridgehead atoms. The highest BCUT2D eigenvalue weighted by atomic mass is 16.3. The summed E-state index contributed by atoms with van der Waals surface area (Å²) in [5.74, 6) is 0. The monoisotopic (exact) mass is 219 g/mol.